The van der Waals surface area contributed by atoms with Crippen LogP contribution in [0.1, 0.15) is 39.3 Å². The molecule has 1 aromatic heterocycles. The fraction of sp³-hybridized carbons (Fsp3) is 0.292. The minimum Gasteiger partial charge on any atom is -0.350 e. The van der Waals surface area contributed by atoms with Crippen molar-refractivity contribution in [3.63, 3.8) is 0 Å². The Morgan fingerprint density at radius 1 is 1.03 bits per heavy atom. The lowest BCUT2D eigenvalue weighted by molar-refractivity contribution is 0.0942. The van der Waals surface area contributed by atoms with Crippen LogP contribution in [-0.2, 0) is 23.0 Å². The second-order valence-electron chi connectivity index (χ2n) is 7.71. The van der Waals surface area contributed by atoms with E-state index in [9.17, 15) is 13.2 Å². The molecule has 2 aromatic carbocycles. The molecule has 0 saturated carbocycles. The van der Waals surface area contributed by atoms with Crippen LogP contribution in [-0.4, -0.2) is 39.9 Å². The molecule has 3 rings (SSSR count). The molecule has 1 atom stereocenters. The predicted molar refractivity (Wildman–Crippen MR) is 129 cm³/mol. The van der Waals surface area contributed by atoms with Crippen LogP contribution < -0.4 is 10.0 Å². The van der Waals surface area contributed by atoms with Crippen molar-refractivity contribution in [1.82, 2.24) is 14.9 Å². The largest absolute Gasteiger partial charge is 0.350 e. The zero-order chi connectivity index (χ0) is 23.1. The molecule has 1 heterocycles. The van der Waals surface area contributed by atoms with E-state index in [1.54, 1.807) is 0 Å². The van der Waals surface area contributed by atoms with Crippen LogP contribution in [0, 0.1) is 0 Å². The minimum atomic E-state index is -3.64. The number of nitrogens with zero attached hydrogens (tertiary/aromatic N) is 1. The SMILES string of the molecule is CCc1ccc(C(CNC(=O)c2ccc(S(=O)(=O)NCc3cccs3)cc2)N(C)C)cc1. The van der Waals surface area contributed by atoms with Gasteiger partial charge in [0.2, 0.25) is 10.0 Å². The Bertz CT molecular complexity index is 1110. The van der Waals surface area contributed by atoms with Crippen LogP contribution in [0.3, 0.4) is 0 Å². The molecule has 170 valence electrons. The Balaban J connectivity index is 1.61. The van der Waals surface area contributed by atoms with Crippen molar-refractivity contribution in [3.05, 3.63) is 87.6 Å². The summed E-state index contributed by atoms with van der Waals surface area (Å²) < 4.78 is 27.6. The monoisotopic (exact) mass is 471 g/mol. The van der Waals surface area contributed by atoms with Gasteiger partial charge in [0.1, 0.15) is 0 Å². The number of carbonyl (C=O) groups excluding carboxylic acids is 1. The highest BCUT2D eigenvalue weighted by molar-refractivity contribution is 7.89. The Kier molecular flexibility index (Phi) is 8.20. The van der Waals surface area contributed by atoms with Crippen molar-refractivity contribution in [1.29, 1.82) is 0 Å². The molecular formula is C24H29N3O3S2. The first kappa shape index (κ1) is 24.1. The fourth-order valence-corrected chi connectivity index (χ4v) is 5.06. The highest BCUT2D eigenvalue weighted by atomic mass is 32.2. The number of hydrogen-bond acceptors (Lipinski definition) is 5. The van der Waals surface area contributed by atoms with Gasteiger partial charge < -0.3 is 10.2 Å². The first-order valence-electron chi connectivity index (χ1n) is 10.5. The van der Waals surface area contributed by atoms with E-state index in [4.69, 9.17) is 0 Å². The number of amides is 1. The van der Waals surface area contributed by atoms with Crippen LogP contribution in [0.4, 0.5) is 0 Å². The summed E-state index contributed by atoms with van der Waals surface area (Å²) >= 11 is 1.49. The zero-order valence-electron chi connectivity index (χ0n) is 18.5. The molecule has 32 heavy (non-hydrogen) atoms. The highest BCUT2D eigenvalue weighted by Crippen LogP contribution is 2.19. The number of aryl methyl sites for hydroxylation is 1. The van der Waals surface area contributed by atoms with Crippen LogP contribution >= 0.6 is 11.3 Å². The number of thiophene rings is 1. The van der Waals surface area contributed by atoms with Crippen molar-refractivity contribution in [3.8, 4) is 0 Å². The third kappa shape index (κ3) is 6.26. The highest BCUT2D eigenvalue weighted by Gasteiger charge is 2.18. The molecule has 0 aliphatic heterocycles. The topological polar surface area (TPSA) is 78.5 Å². The summed E-state index contributed by atoms with van der Waals surface area (Å²) in [5.74, 6) is -0.238. The van der Waals surface area contributed by atoms with E-state index in [0.29, 0.717) is 12.1 Å². The lowest BCUT2D eigenvalue weighted by atomic mass is 10.0. The van der Waals surface area contributed by atoms with Gasteiger partial charge in [0.25, 0.3) is 5.91 Å². The van der Waals surface area contributed by atoms with Gasteiger partial charge in [-0.3, -0.25) is 4.79 Å². The number of nitrogens with one attached hydrogen (secondary N) is 2. The van der Waals surface area contributed by atoms with Crippen LogP contribution in [0.15, 0.2) is 70.9 Å². The van der Waals surface area contributed by atoms with Crippen molar-refractivity contribution < 1.29 is 13.2 Å². The number of benzene rings is 2. The summed E-state index contributed by atoms with van der Waals surface area (Å²) in [6.45, 7) is 2.81. The maximum absolute atomic E-state index is 12.7. The van der Waals surface area contributed by atoms with Gasteiger partial charge in [0, 0.05) is 23.5 Å². The van der Waals surface area contributed by atoms with Gasteiger partial charge in [-0.25, -0.2) is 13.1 Å². The van der Waals surface area contributed by atoms with Gasteiger partial charge in [0.15, 0.2) is 0 Å². The van der Waals surface area contributed by atoms with E-state index in [1.807, 2.05) is 31.6 Å². The standard InChI is InChI=1S/C24H29N3O3S2/c1-4-18-7-9-19(10-8-18)23(27(2)3)17-25-24(28)20-11-13-22(14-12-20)32(29,30)26-16-21-6-5-15-31-21/h5-15,23,26H,4,16-17H2,1-3H3,(H,25,28). The molecule has 1 unspecified atom stereocenters. The lowest BCUT2D eigenvalue weighted by Crippen LogP contribution is -2.34. The molecule has 6 nitrogen and oxygen atoms in total. The molecule has 8 heteroatoms. The van der Waals surface area contributed by atoms with Crippen molar-refractivity contribution in [2.45, 2.75) is 30.8 Å². The van der Waals surface area contributed by atoms with E-state index in [-0.39, 0.29) is 23.4 Å². The molecule has 3 aromatic rings. The maximum atomic E-state index is 12.7. The molecular weight excluding hydrogens is 442 g/mol. The molecule has 0 bridgehead atoms. The minimum absolute atomic E-state index is 0.0333. The normalized spacial score (nSPS) is 12.6. The fourth-order valence-electron chi connectivity index (χ4n) is 3.31. The molecule has 0 saturated heterocycles. The summed E-state index contributed by atoms with van der Waals surface area (Å²) in [5, 5.41) is 4.87. The van der Waals surface area contributed by atoms with E-state index >= 15 is 0 Å². The van der Waals surface area contributed by atoms with Gasteiger partial charge in [-0.2, -0.15) is 0 Å². The van der Waals surface area contributed by atoms with E-state index in [1.165, 1.54) is 41.2 Å². The summed E-state index contributed by atoms with van der Waals surface area (Å²) in [4.78, 5) is 15.8. The second kappa shape index (κ2) is 10.9. The summed E-state index contributed by atoms with van der Waals surface area (Å²) in [6.07, 6.45) is 0.985. The number of hydrogen-bond donors (Lipinski definition) is 2. The van der Waals surface area contributed by atoms with Crippen molar-refractivity contribution in [2.75, 3.05) is 20.6 Å². The zero-order valence-corrected chi connectivity index (χ0v) is 20.2. The first-order chi connectivity index (χ1) is 15.3. The molecule has 2 N–H and O–H groups in total. The number of likely N-dealkylation sites (N-methyl/N-ethyl adjacent to an activating group) is 1. The molecule has 0 radical (unpaired) electrons. The van der Waals surface area contributed by atoms with E-state index < -0.39 is 10.0 Å². The van der Waals surface area contributed by atoms with Crippen LogP contribution in [0.2, 0.25) is 0 Å². The molecule has 0 spiro atoms. The molecule has 1 amide bonds. The van der Waals surface area contributed by atoms with E-state index in [2.05, 4.69) is 46.1 Å². The number of carbonyl (C=O) groups is 1. The van der Waals surface area contributed by atoms with E-state index in [0.717, 1.165) is 16.9 Å². The Hall–Kier alpha value is -2.52. The Morgan fingerprint density at radius 2 is 1.72 bits per heavy atom. The number of rotatable bonds is 10. The molecule has 0 aliphatic carbocycles. The molecule has 0 fully saturated rings. The third-order valence-electron chi connectivity index (χ3n) is 5.30. The summed E-state index contributed by atoms with van der Waals surface area (Å²) in [6, 6.07) is 18.2. The number of sulfonamides is 1. The second-order valence-corrected chi connectivity index (χ2v) is 10.5. The smallest absolute Gasteiger partial charge is 0.251 e. The first-order valence-corrected chi connectivity index (χ1v) is 12.8. The van der Waals surface area contributed by atoms with Crippen LogP contribution in [0.25, 0.3) is 0 Å². The van der Waals surface area contributed by atoms with Gasteiger partial charge in [-0.15, -0.1) is 11.3 Å². The third-order valence-corrected chi connectivity index (χ3v) is 7.59. The Morgan fingerprint density at radius 3 is 2.28 bits per heavy atom. The Labute approximate surface area is 194 Å². The van der Waals surface area contributed by atoms with Gasteiger partial charge in [0.05, 0.1) is 10.9 Å². The lowest BCUT2D eigenvalue weighted by Gasteiger charge is -2.25. The van der Waals surface area contributed by atoms with Gasteiger partial charge in [-0.1, -0.05) is 37.3 Å². The summed E-state index contributed by atoms with van der Waals surface area (Å²) in [7, 11) is 0.320. The van der Waals surface area contributed by atoms with Gasteiger partial charge in [-0.05, 0) is 67.4 Å². The maximum Gasteiger partial charge on any atom is 0.251 e. The van der Waals surface area contributed by atoms with Crippen LogP contribution in [0.5, 0.6) is 0 Å². The van der Waals surface area contributed by atoms with Crippen molar-refractivity contribution in [2.24, 2.45) is 0 Å². The van der Waals surface area contributed by atoms with Crippen molar-refractivity contribution >= 4 is 27.3 Å². The molecule has 0 aliphatic rings. The average molecular weight is 472 g/mol. The van der Waals surface area contributed by atoms with Gasteiger partial charge >= 0.3 is 0 Å². The quantitative estimate of drug-likeness (QED) is 0.471. The predicted octanol–water partition coefficient (Wildman–Crippen LogP) is 3.82. The average Bonchev–Trinajstić information content (AvgIpc) is 3.32. The summed E-state index contributed by atoms with van der Waals surface area (Å²) in [5.41, 5.74) is 2.82.